The van der Waals surface area contributed by atoms with Crippen LogP contribution in [-0.2, 0) is 0 Å². The zero-order chi connectivity index (χ0) is 12.6. The lowest BCUT2D eigenvalue weighted by Crippen LogP contribution is -2.00. The Morgan fingerprint density at radius 3 is 2.76 bits per heavy atom. The first-order chi connectivity index (χ1) is 7.99. The van der Waals surface area contributed by atoms with Crippen molar-refractivity contribution in [3.63, 3.8) is 0 Å². The highest BCUT2D eigenvalue weighted by Crippen LogP contribution is 2.29. The van der Waals surface area contributed by atoms with Gasteiger partial charge in [-0.05, 0) is 28.9 Å². The van der Waals surface area contributed by atoms with E-state index in [0.29, 0.717) is 15.7 Å². The summed E-state index contributed by atoms with van der Waals surface area (Å²) in [7, 11) is 0. The molecule has 0 aliphatic heterocycles. The van der Waals surface area contributed by atoms with Crippen LogP contribution in [0.2, 0.25) is 0 Å². The number of rotatable bonds is 2. The second kappa shape index (κ2) is 4.13. The highest BCUT2D eigenvalue weighted by Gasteiger charge is 2.16. The first-order valence-electron chi connectivity index (χ1n) is 4.62. The van der Waals surface area contributed by atoms with E-state index in [-0.39, 0.29) is 11.5 Å². The number of hydrogen-bond donors (Lipinski definition) is 1. The van der Waals surface area contributed by atoms with E-state index in [4.69, 9.17) is 5.73 Å². The molecule has 17 heavy (non-hydrogen) atoms. The molecule has 0 saturated heterocycles. The lowest BCUT2D eigenvalue weighted by Gasteiger charge is -2.05. The van der Waals surface area contributed by atoms with Gasteiger partial charge in [-0.3, -0.25) is 10.1 Å². The summed E-state index contributed by atoms with van der Waals surface area (Å²) in [5, 5.41) is 18.2. The Balaban J connectivity index is 2.62. The number of aryl methyl sites for hydroxylation is 1. The second-order valence-electron chi connectivity index (χ2n) is 3.44. The van der Waals surface area contributed by atoms with Crippen LogP contribution in [0.1, 0.15) is 5.56 Å². The molecule has 0 bridgehead atoms. The number of halogens is 1. The average Bonchev–Trinajstić information content (AvgIpc) is 2.64. The second-order valence-corrected chi connectivity index (χ2v) is 4.29. The van der Waals surface area contributed by atoms with Crippen LogP contribution in [0.3, 0.4) is 0 Å². The molecule has 0 unspecified atom stereocenters. The molecule has 0 atom stereocenters. The average molecular weight is 298 g/mol. The van der Waals surface area contributed by atoms with Crippen LogP contribution in [0.4, 0.5) is 11.5 Å². The van der Waals surface area contributed by atoms with E-state index in [1.807, 2.05) is 0 Å². The number of hydrogen-bond acceptors (Lipinski definition) is 5. The number of aromatic nitrogens is 3. The summed E-state index contributed by atoms with van der Waals surface area (Å²) < 4.78 is 2.07. The minimum absolute atomic E-state index is 0.0253. The Morgan fingerprint density at radius 1 is 1.53 bits per heavy atom. The molecule has 1 heterocycles. The van der Waals surface area contributed by atoms with Crippen molar-refractivity contribution in [3.8, 4) is 5.69 Å². The summed E-state index contributed by atoms with van der Waals surface area (Å²) in [6, 6.07) is 3.08. The Labute approximate surface area is 105 Å². The molecule has 0 spiro atoms. The predicted octanol–water partition coefficient (Wildman–Crippen LogP) is 1.83. The molecule has 0 fully saturated rings. The fourth-order valence-electron chi connectivity index (χ4n) is 1.42. The minimum Gasteiger partial charge on any atom is -0.381 e. The molecule has 0 aliphatic carbocycles. The smallest absolute Gasteiger partial charge is 0.274 e. The SMILES string of the molecule is Cc1cc(Br)c(-n2cc(N)nn2)cc1[N+](=O)[O-]. The van der Waals surface area contributed by atoms with E-state index in [9.17, 15) is 10.1 Å². The van der Waals surface area contributed by atoms with Crippen molar-refractivity contribution >= 4 is 27.4 Å². The van der Waals surface area contributed by atoms with Crippen LogP contribution in [0.5, 0.6) is 0 Å². The fraction of sp³-hybridized carbons (Fsp3) is 0.111. The third-order valence-corrected chi connectivity index (χ3v) is 2.86. The largest absolute Gasteiger partial charge is 0.381 e. The van der Waals surface area contributed by atoms with Gasteiger partial charge in [0.2, 0.25) is 0 Å². The molecule has 1 aromatic carbocycles. The van der Waals surface area contributed by atoms with Crippen LogP contribution >= 0.6 is 15.9 Å². The van der Waals surface area contributed by atoms with E-state index >= 15 is 0 Å². The van der Waals surface area contributed by atoms with Crippen LogP contribution in [0.15, 0.2) is 22.8 Å². The maximum Gasteiger partial charge on any atom is 0.274 e. The van der Waals surface area contributed by atoms with E-state index < -0.39 is 4.92 Å². The van der Waals surface area contributed by atoms with E-state index in [1.165, 1.54) is 16.9 Å². The van der Waals surface area contributed by atoms with Crippen molar-refractivity contribution in [3.05, 3.63) is 38.5 Å². The van der Waals surface area contributed by atoms with Crippen LogP contribution in [0.25, 0.3) is 5.69 Å². The first-order valence-corrected chi connectivity index (χ1v) is 5.41. The summed E-state index contributed by atoms with van der Waals surface area (Å²) >= 11 is 3.32. The van der Waals surface area contributed by atoms with Crippen molar-refractivity contribution in [1.29, 1.82) is 0 Å². The molecule has 0 radical (unpaired) electrons. The summed E-state index contributed by atoms with van der Waals surface area (Å²) in [5.41, 5.74) is 6.56. The molecule has 0 aliphatic rings. The van der Waals surface area contributed by atoms with E-state index in [1.54, 1.807) is 13.0 Å². The molecule has 2 N–H and O–H groups in total. The predicted molar refractivity (Wildman–Crippen MR) is 64.9 cm³/mol. The van der Waals surface area contributed by atoms with Crippen molar-refractivity contribution in [2.45, 2.75) is 6.92 Å². The van der Waals surface area contributed by atoms with Crippen LogP contribution in [-0.4, -0.2) is 19.9 Å². The van der Waals surface area contributed by atoms with Crippen molar-refractivity contribution in [2.75, 3.05) is 5.73 Å². The van der Waals surface area contributed by atoms with Crippen LogP contribution in [0, 0.1) is 17.0 Å². The number of nitrogen functional groups attached to an aromatic ring is 1. The normalized spacial score (nSPS) is 10.5. The van der Waals surface area contributed by atoms with Crippen LogP contribution < -0.4 is 5.73 Å². The summed E-state index contributed by atoms with van der Waals surface area (Å²) in [6.45, 7) is 1.67. The lowest BCUT2D eigenvalue weighted by molar-refractivity contribution is -0.385. The molecule has 0 amide bonds. The quantitative estimate of drug-likeness (QED) is 0.673. The molecule has 7 nitrogen and oxygen atoms in total. The van der Waals surface area contributed by atoms with Gasteiger partial charge in [0, 0.05) is 16.1 Å². The van der Waals surface area contributed by atoms with Gasteiger partial charge >= 0.3 is 0 Å². The molecule has 2 rings (SSSR count). The summed E-state index contributed by atoms with van der Waals surface area (Å²) in [6.07, 6.45) is 1.49. The fourth-order valence-corrected chi connectivity index (χ4v) is 2.06. The molecule has 2 aromatic rings. The Morgan fingerprint density at radius 2 is 2.24 bits per heavy atom. The maximum atomic E-state index is 10.8. The first kappa shape index (κ1) is 11.5. The topological polar surface area (TPSA) is 99.9 Å². The molecular formula is C9H8BrN5O2. The number of nitrogens with zero attached hydrogens (tertiary/aromatic N) is 4. The lowest BCUT2D eigenvalue weighted by atomic mass is 10.2. The number of benzene rings is 1. The summed E-state index contributed by atoms with van der Waals surface area (Å²) in [5.74, 6) is 0.250. The zero-order valence-electron chi connectivity index (χ0n) is 8.79. The minimum atomic E-state index is -0.439. The van der Waals surface area contributed by atoms with Gasteiger partial charge in [0.25, 0.3) is 5.69 Å². The zero-order valence-corrected chi connectivity index (χ0v) is 10.4. The van der Waals surface area contributed by atoms with Gasteiger partial charge < -0.3 is 5.73 Å². The molecule has 88 valence electrons. The van der Waals surface area contributed by atoms with E-state index in [0.717, 1.165) is 0 Å². The van der Waals surface area contributed by atoms with E-state index in [2.05, 4.69) is 26.2 Å². The maximum absolute atomic E-state index is 10.8. The molecule has 0 saturated carbocycles. The number of nitrogens with two attached hydrogens (primary N) is 1. The Hall–Kier alpha value is -1.96. The van der Waals surface area contributed by atoms with Crippen molar-refractivity contribution in [1.82, 2.24) is 15.0 Å². The van der Waals surface area contributed by atoms with Gasteiger partial charge in [-0.15, -0.1) is 5.10 Å². The van der Waals surface area contributed by atoms with Gasteiger partial charge in [-0.2, -0.15) is 0 Å². The third-order valence-electron chi connectivity index (χ3n) is 2.22. The summed E-state index contributed by atoms with van der Waals surface area (Å²) in [4.78, 5) is 10.4. The van der Waals surface area contributed by atoms with Gasteiger partial charge in [0.05, 0.1) is 16.8 Å². The Kier molecular flexibility index (Phi) is 2.80. The van der Waals surface area contributed by atoms with Gasteiger partial charge in [-0.25, -0.2) is 4.68 Å². The van der Waals surface area contributed by atoms with Gasteiger partial charge in [-0.1, -0.05) is 5.21 Å². The third kappa shape index (κ3) is 2.11. The van der Waals surface area contributed by atoms with Gasteiger partial charge in [0.15, 0.2) is 5.82 Å². The highest BCUT2D eigenvalue weighted by molar-refractivity contribution is 9.10. The monoisotopic (exact) mass is 297 g/mol. The van der Waals surface area contributed by atoms with Crippen molar-refractivity contribution < 1.29 is 4.92 Å². The van der Waals surface area contributed by atoms with Gasteiger partial charge in [0.1, 0.15) is 0 Å². The molecular weight excluding hydrogens is 290 g/mol. The van der Waals surface area contributed by atoms with Crippen molar-refractivity contribution in [2.24, 2.45) is 0 Å². The Bertz CT molecular complexity index is 595. The highest BCUT2D eigenvalue weighted by atomic mass is 79.9. The standard InChI is InChI=1S/C9H8BrN5O2/c1-5-2-6(10)8(3-7(5)15(16)17)14-4-9(11)12-13-14/h2-4H,11H2,1H3. The number of anilines is 1. The molecule has 8 heteroatoms. The number of nitro groups is 1. The molecule has 1 aromatic heterocycles. The number of nitro benzene ring substituents is 1.